The van der Waals surface area contributed by atoms with Crippen LogP contribution in [0.15, 0.2) is 95.7 Å². The normalized spacial score (nSPS) is 13.1. The second-order valence-electron chi connectivity index (χ2n) is 6.77. The van der Waals surface area contributed by atoms with Crippen molar-refractivity contribution in [3.63, 3.8) is 0 Å². The van der Waals surface area contributed by atoms with Gasteiger partial charge >= 0.3 is 11.9 Å². The number of nitrogens with zero attached hydrogens (tertiary/aromatic N) is 2. The molecule has 7 heteroatoms. The molecule has 1 aliphatic rings. The number of esters is 2. The summed E-state index contributed by atoms with van der Waals surface area (Å²) in [4.78, 5) is 31.4. The van der Waals surface area contributed by atoms with Gasteiger partial charge in [0, 0.05) is 28.4 Å². The van der Waals surface area contributed by atoms with Crippen molar-refractivity contribution in [3.8, 4) is 21.8 Å². The predicted octanol–water partition coefficient (Wildman–Crippen LogP) is 4.97. The minimum atomic E-state index is -0.646. The summed E-state index contributed by atoms with van der Waals surface area (Å²) in [5.41, 5.74) is 3.70. The number of benzene rings is 2. The summed E-state index contributed by atoms with van der Waals surface area (Å²) < 4.78 is 9.84. The molecule has 0 bridgehead atoms. The summed E-state index contributed by atoms with van der Waals surface area (Å²) in [5.74, 6) is -1.27. The molecule has 1 aromatic heterocycles. The Hall–Kier alpha value is -3.97. The first-order valence-electron chi connectivity index (χ1n) is 9.78. The summed E-state index contributed by atoms with van der Waals surface area (Å²) in [6.07, 6.45) is 6.65. The monoisotopic (exact) mass is 444 g/mol. The fraction of sp³-hybridized carbons (Fsp3) is 0.0800. The molecular formula is C25H20N2O4S. The van der Waals surface area contributed by atoms with Crippen LogP contribution in [0, 0.1) is 0 Å². The molecule has 0 saturated heterocycles. The number of allylic oxidation sites excluding steroid dienone is 2. The highest BCUT2D eigenvalue weighted by atomic mass is 32.1. The lowest BCUT2D eigenvalue weighted by Crippen LogP contribution is -2.26. The van der Waals surface area contributed by atoms with Crippen molar-refractivity contribution >= 4 is 29.0 Å². The number of carbonyl (C=O) groups excluding carboxylic acids is 2. The number of thiazole rings is 1. The van der Waals surface area contributed by atoms with Gasteiger partial charge in [0.2, 0.25) is 0 Å². The molecule has 2 heterocycles. The molecule has 0 atom stereocenters. The van der Waals surface area contributed by atoms with Crippen LogP contribution in [-0.4, -0.2) is 31.1 Å². The van der Waals surface area contributed by atoms with Crippen molar-refractivity contribution in [2.45, 2.75) is 0 Å². The summed E-state index contributed by atoms with van der Waals surface area (Å²) in [6, 6.07) is 17.6. The van der Waals surface area contributed by atoms with Crippen LogP contribution in [0.3, 0.4) is 0 Å². The van der Waals surface area contributed by atoms with Crippen molar-refractivity contribution in [1.82, 2.24) is 4.98 Å². The van der Waals surface area contributed by atoms with Gasteiger partial charge in [-0.2, -0.15) is 0 Å². The maximum Gasteiger partial charge on any atom is 0.355 e. The van der Waals surface area contributed by atoms with Crippen LogP contribution in [0.5, 0.6) is 0 Å². The highest BCUT2D eigenvalue weighted by Gasteiger charge is 2.27. The summed E-state index contributed by atoms with van der Waals surface area (Å²) >= 11 is 1.54. The largest absolute Gasteiger partial charge is 0.465 e. The van der Waals surface area contributed by atoms with Crippen LogP contribution in [0.4, 0.5) is 5.69 Å². The third kappa shape index (κ3) is 4.24. The molecule has 1 aliphatic heterocycles. The van der Waals surface area contributed by atoms with Gasteiger partial charge in [0.15, 0.2) is 0 Å². The quantitative estimate of drug-likeness (QED) is 0.518. The average molecular weight is 445 g/mol. The van der Waals surface area contributed by atoms with E-state index in [0.717, 1.165) is 21.8 Å². The highest BCUT2D eigenvalue weighted by Crippen LogP contribution is 2.33. The van der Waals surface area contributed by atoms with Crippen molar-refractivity contribution in [3.05, 3.63) is 95.7 Å². The number of methoxy groups -OCH3 is 2. The van der Waals surface area contributed by atoms with Crippen LogP contribution in [0.2, 0.25) is 0 Å². The summed E-state index contributed by atoms with van der Waals surface area (Å²) in [5, 5.41) is 2.86. The van der Waals surface area contributed by atoms with E-state index in [1.54, 1.807) is 23.3 Å². The molecule has 32 heavy (non-hydrogen) atoms. The van der Waals surface area contributed by atoms with Gasteiger partial charge in [-0.3, -0.25) is 0 Å². The Kier molecular flexibility index (Phi) is 6.28. The minimum absolute atomic E-state index is 0.0746. The summed E-state index contributed by atoms with van der Waals surface area (Å²) in [6.45, 7) is 0. The Morgan fingerprint density at radius 1 is 0.906 bits per heavy atom. The molecule has 4 rings (SSSR count). The number of hydrogen-bond acceptors (Lipinski definition) is 7. The molecule has 0 fully saturated rings. The van der Waals surface area contributed by atoms with Gasteiger partial charge in [-0.15, -0.1) is 11.3 Å². The second kappa shape index (κ2) is 9.45. The van der Waals surface area contributed by atoms with Gasteiger partial charge in [-0.05, 0) is 24.3 Å². The maximum absolute atomic E-state index is 12.6. The smallest absolute Gasteiger partial charge is 0.355 e. The molecule has 6 nitrogen and oxygen atoms in total. The standard InChI is InChI=1S/C25H20N2O4S/c1-30-24(28)20-13-6-7-14-27(22(20)25(29)31-2)19-12-8-11-18(15-19)23-26-21(16-32-23)17-9-4-3-5-10-17/h3-16H,1-2H3. The first kappa shape index (κ1) is 21.3. The van der Waals surface area contributed by atoms with Gasteiger partial charge in [-0.25, -0.2) is 14.6 Å². The van der Waals surface area contributed by atoms with Crippen molar-refractivity contribution in [2.24, 2.45) is 0 Å². The van der Waals surface area contributed by atoms with E-state index in [9.17, 15) is 9.59 Å². The Morgan fingerprint density at radius 2 is 1.66 bits per heavy atom. The summed E-state index contributed by atoms with van der Waals surface area (Å²) in [7, 11) is 2.55. The molecule has 0 amide bonds. The SMILES string of the molecule is COC(=O)C1=C(C(=O)OC)N(c2cccc(-c3nc(-c4ccccc4)cs3)c2)C=CC=C1. The average Bonchev–Trinajstić information content (AvgIpc) is 3.24. The van der Waals surface area contributed by atoms with E-state index in [4.69, 9.17) is 14.5 Å². The fourth-order valence-corrected chi connectivity index (χ4v) is 4.13. The number of rotatable bonds is 5. The van der Waals surface area contributed by atoms with Crippen molar-refractivity contribution in [1.29, 1.82) is 0 Å². The van der Waals surface area contributed by atoms with Gasteiger partial charge in [0.1, 0.15) is 10.7 Å². The Balaban J connectivity index is 1.76. The molecule has 3 aromatic rings. The highest BCUT2D eigenvalue weighted by molar-refractivity contribution is 7.13. The zero-order valence-corrected chi connectivity index (χ0v) is 18.3. The van der Waals surface area contributed by atoms with E-state index in [2.05, 4.69) is 0 Å². The molecular weight excluding hydrogens is 424 g/mol. The van der Waals surface area contributed by atoms with E-state index in [-0.39, 0.29) is 11.3 Å². The Morgan fingerprint density at radius 3 is 2.41 bits per heavy atom. The number of carbonyl (C=O) groups is 2. The number of ether oxygens (including phenoxy) is 2. The molecule has 0 aliphatic carbocycles. The number of hydrogen-bond donors (Lipinski definition) is 0. The predicted molar refractivity (Wildman–Crippen MR) is 125 cm³/mol. The second-order valence-corrected chi connectivity index (χ2v) is 7.63. The van der Waals surface area contributed by atoms with Crippen LogP contribution in [0.1, 0.15) is 0 Å². The van der Waals surface area contributed by atoms with Crippen molar-refractivity contribution in [2.75, 3.05) is 19.1 Å². The van der Waals surface area contributed by atoms with E-state index in [1.165, 1.54) is 31.6 Å². The molecule has 0 spiro atoms. The zero-order chi connectivity index (χ0) is 22.5. The maximum atomic E-state index is 12.6. The first-order valence-corrected chi connectivity index (χ1v) is 10.7. The molecule has 0 radical (unpaired) electrons. The molecule has 160 valence electrons. The van der Waals surface area contributed by atoms with E-state index >= 15 is 0 Å². The van der Waals surface area contributed by atoms with E-state index in [0.29, 0.717) is 5.69 Å². The van der Waals surface area contributed by atoms with Crippen LogP contribution in [-0.2, 0) is 19.1 Å². The van der Waals surface area contributed by atoms with Crippen LogP contribution >= 0.6 is 11.3 Å². The van der Waals surface area contributed by atoms with E-state index in [1.807, 2.05) is 60.0 Å². The number of anilines is 1. The third-order valence-corrected chi connectivity index (χ3v) is 5.73. The van der Waals surface area contributed by atoms with E-state index < -0.39 is 11.9 Å². The fourth-order valence-electron chi connectivity index (χ4n) is 3.30. The van der Waals surface area contributed by atoms with Crippen LogP contribution < -0.4 is 4.90 Å². The Labute approximate surface area is 189 Å². The Bertz CT molecular complexity index is 1240. The lowest BCUT2D eigenvalue weighted by atomic mass is 10.1. The lowest BCUT2D eigenvalue weighted by molar-refractivity contribution is -0.139. The minimum Gasteiger partial charge on any atom is -0.465 e. The van der Waals surface area contributed by atoms with Crippen LogP contribution in [0.25, 0.3) is 21.8 Å². The third-order valence-electron chi connectivity index (χ3n) is 4.83. The number of aromatic nitrogens is 1. The first-order chi connectivity index (χ1) is 15.6. The van der Waals surface area contributed by atoms with Gasteiger partial charge < -0.3 is 14.4 Å². The zero-order valence-electron chi connectivity index (χ0n) is 17.5. The lowest BCUT2D eigenvalue weighted by Gasteiger charge is -2.23. The van der Waals surface area contributed by atoms with Gasteiger partial charge in [0.25, 0.3) is 0 Å². The van der Waals surface area contributed by atoms with Crippen molar-refractivity contribution < 1.29 is 19.1 Å². The molecule has 2 aromatic carbocycles. The van der Waals surface area contributed by atoms with Gasteiger partial charge in [0.05, 0.1) is 25.5 Å². The molecule has 0 unspecified atom stereocenters. The molecule has 0 saturated carbocycles. The molecule has 0 N–H and O–H groups in total. The topological polar surface area (TPSA) is 68.7 Å². The van der Waals surface area contributed by atoms with Gasteiger partial charge in [-0.1, -0.05) is 48.5 Å².